The van der Waals surface area contributed by atoms with Crippen molar-refractivity contribution in [3.05, 3.63) is 24.2 Å². The summed E-state index contributed by atoms with van der Waals surface area (Å²) in [7, 11) is 4.49. The van der Waals surface area contributed by atoms with Crippen molar-refractivity contribution in [2.24, 2.45) is 5.41 Å². The Kier molecular flexibility index (Phi) is 4.89. The lowest BCUT2D eigenvalue weighted by Gasteiger charge is -2.43. The number of quaternary nitrogens is 2. The highest BCUT2D eigenvalue weighted by molar-refractivity contribution is 4.95. The molecule has 0 unspecified atom stereocenters. The lowest BCUT2D eigenvalue weighted by Crippen LogP contribution is -3.08. The maximum atomic E-state index is 5.91. The number of hydrogen-bond donors (Lipinski definition) is 2. The minimum Gasteiger partial charge on any atom is -0.463 e. The van der Waals surface area contributed by atoms with E-state index < -0.39 is 0 Å². The average molecular weight is 282 g/mol. The Morgan fingerprint density at radius 3 is 2.75 bits per heavy atom. The van der Waals surface area contributed by atoms with Crippen LogP contribution in [0.5, 0.6) is 0 Å². The largest absolute Gasteiger partial charge is 0.463 e. The van der Waals surface area contributed by atoms with E-state index in [9.17, 15) is 0 Å². The summed E-state index contributed by atoms with van der Waals surface area (Å²) in [5, 5.41) is 2.39. The van der Waals surface area contributed by atoms with E-state index in [1.807, 2.05) is 12.1 Å². The molecule has 1 aromatic rings. The first-order valence-corrected chi connectivity index (χ1v) is 7.68. The number of furan rings is 1. The Balaban J connectivity index is 1.95. The van der Waals surface area contributed by atoms with Gasteiger partial charge >= 0.3 is 0 Å². The van der Waals surface area contributed by atoms with Gasteiger partial charge in [-0.1, -0.05) is 0 Å². The SMILES string of the molecule is C[NH+](C)C[C@@]1(C[NH2+]Cc2ccco2)CCOC(C)(C)C1. The Hall–Kier alpha value is -0.840. The van der Waals surface area contributed by atoms with E-state index in [-0.39, 0.29) is 5.60 Å². The minimum absolute atomic E-state index is 0.00617. The van der Waals surface area contributed by atoms with E-state index in [2.05, 4.69) is 33.3 Å². The quantitative estimate of drug-likeness (QED) is 0.775. The standard InChI is InChI=1S/C16H28N2O2/c1-15(2)11-16(7-9-20-15,13-18(3)4)12-17-10-14-6-5-8-19-14/h5-6,8,17H,7,9-13H2,1-4H3/p+2/t16-/m0/s1. The van der Waals surface area contributed by atoms with E-state index in [0.717, 1.165) is 38.3 Å². The molecule has 2 heterocycles. The van der Waals surface area contributed by atoms with Crippen LogP contribution in [0.1, 0.15) is 32.4 Å². The van der Waals surface area contributed by atoms with Crippen molar-refractivity contribution in [3.63, 3.8) is 0 Å². The second-order valence-electron chi connectivity index (χ2n) is 7.20. The molecule has 1 aliphatic rings. The Bertz CT molecular complexity index is 401. The van der Waals surface area contributed by atoms with Crippen molar-refractivity contribution in [1.29, 1.82) is 0 Å². The third-order valence-electron chi connectivity index (χ3n) is 4.16. The number of rotatable bonds is 6. The van der Waals surface area contributed by atoms with E-state index in [1.165, 1.54) is 11.4 Å². The summed E-state index contributed by atoms with van der Waals surface area (Å²) >= 11 is 0. The van der Waals surface area contributed by atoms with E-state index in [1.54, 1.807) is 6.26 Å². The fraction of sp³-hybridized carbons (Fsp3) is 0.750. The summed E-state index contributed by atoms with van der Waals surface area (Å²) in [6.07, 6.45) is 4.05. The van der Waals surface area contributed by atoms with Crippen LogP contribution < -0.4 is 10.2 Å². The van der Waals surface area contributed by atoms with Gasteiger partial charge in [0.25, 0.3) is 0 Å². The molecule has 0 amide bonds. The number of nitrogens with two attached hydrogens (primary N) is 1. The highest BCUT2D eigenvalue weighted by Crippen LogP contribution is 2.36. The van der Waals surface area contributed by atoms with Crippen LogP contribution in [0, 0.1) is 5.41 Å². The number of hydrogen-bond acceptors (Lipinski definition) is 2. The topological polar surface area (TPSA) is 43.4 Å². The van der Waals surface area contributed by atoms with Crippen molar-refractivity contribution < 1.29 is 19.4 Å². The van der Waals surface area contributed by atoms with Crippen LogP contribution in [0.4, 0.5) is 0 Å². The lowest BCUT2D eigenvalue weighted by molar-refractivity contribution is -0.870. The van der Waals surface area contributed by atoms with Gasteiger partial charge in [0.15, 0.2) is 5.76 Å². The van der Waals surface area contributed by atoms with Crippen molar-refractivity contribution >= 4 is 0 Å². The fourth-order valence-electron chi connectivity index (χ4n) is 3.68. The third-order valence-corrected chi connectivity index (χ3v) is 4.16. The molecular weight excluding hydrogens is 252 g/mol. The zero-order valence-corrected chi connectivity index (χ0v) is 13.4. The smallest absolute Gasteiger partial charge is 0.157 e. The molecule has 1 atom stereocenters. The molecule has 0 radical (unpaired) electrons. The summed E-state index contributed by atoms with van der Waals surface area (Å²) in [4.78, 5) is 1.52. The van der Waals surface area contributed by atoms with Gasteiger partial charge < -0.3 is 19.4 Å². The van der Waals surface area contributed by atoms with Gasteiger partial charge in [-0.15, -0.1) is 0 Å². The first-order valence-electron chi connectivity index (χ1n) is 7.68. The zero-order chi connectivity index (χ0) is 14.6. The first-order chi connectivity index (χ1) is 9.41. The van der Waals surface area contributed by atoms with Crippen molar-refractivity contribution in [1.82, 2.24) is 0 Å². The molecule has 0 bridgehead atoms. The van der Waals surface area contributed by atoms with Crippen LogP contribution >= 0.6 is 0 Å². The maximum absolute atomic E-state index is 5.91. The van der Waals surface area contributed by atoms with E-state index in [0.29, 0.717) is 5.41 Å². The molecule has 3 N–H and O–H groups in total. The molecule has 1 aromatic heterocycles. The predicted molar refractivity (Wildman–Crippen MR) is 78.6 cm³/mol. The minimum atomic E-state index is 0.00617. The predicted octanol–water partition coefficient (Wildman–Crippen LogP) is 0.0629. The van der Waals surface area contributed by atoms with Crippen LogP contribution in [-0.2, 0) is 11.3 Å². The molecule has 0 aromatic carbocycles. The molecule has 114 valence electrons. The van der Waals surface area contributed by atoms with Crippen molar-refractivity contribution in [2.75, 3.05) is 33.8 Å². The number of ether oxygens (including phenoxy) is 1. The van der Waals surface area contributed by atoms with Gasteiger partial charge in [0.2, 0.25) is 0 Å². The van der Waals surface area contributed by atoms with Gasteiger partial charge in [0.1, 0.15) is 6.54 Å². The second-order valence-corrected chi connectivity index (χ2v) is 7.20. The molecule has 4 heteroatoms. The molecule has 1 saturated heterocycles. The Labute approximate surface area is 122 Å². The summed E-state index contributed by atoms with van der Waals surface area (Å²) in [5.74, 6) is 1.06. The highest BCUT2D eigenvalue weighted by atomic mass is 16.5. The van der Waals surface area contributed by atoms with Crippen LogP contribution in [0.2, 0.25) is 0 Å². The molecular formula is C16H30N2O2+2. The third kappa shape index (κ3) is 4.33. The van der Waals surface area contributed by atoms with Crippen LogP contribution in [0.25, 0.3) is 0 Å². The van der Waals surface area contributed by atoms with Gasteiger partial charge in [0.05, 0.1) is 44.5 Å². The van der Waals surface area contributed by atoms with Gasteiger partial charge in [-0.3, -0.25) is 0 Å². The fourth-order valence-corrected chi connectivity index (χ4v) is 3.68. The van der Waals surface area contributed by atoms with Crippen LogP contribution in [0.3, 0.4) is 0 Å². The normalized spacial score (nSPS) is 26.1. The summed E-state index contributed by atoms with van der Waals surface area (Å²) in [6, 6.07) is 4.01. The molecule has 1 aliphatic heterocycles. The molecule has 20 heavy (non-hydrogen) atoms. The van der Waals surface area contributed by atoms with Crippen molar-refractivity contribution in [2.45, 2.75) is 38.8 Å². The Morgan fingerprint density at radius 2 is 2.15 bits per heavy atom. The zero-order valence-electron chi connectivity index (χ0n) is 13.4. The molecule has 0 saturated carbocycles. The van der Waals surface area contributed by atoms with Crippen molar-refractivity contribution in [3.8, 4) is 0 Å². The molecule has 0 aliphatic carbocycles. The molecule has 1 fully saturated rings. The van der Waals surface area contributed by atoms with E-state index >= 15 is 0 Å². The molecule has 2 rings (SSSR count). The first kappa shape index (κ1) is 15.5. The van der Waals surface area contributed by atoms with E-state index in [4.69, 9.17) is 9.15 Å². The molecule has 4 nitrogen and oxygen atoms in total. The Morgan fingerprint density at radius 1 is 1.35 bits per heavy atom. The number of nitrogens with one attached hydrogen (secondary N) is 1. The monoisotopic (exact) mass is 282 g/mol. The summed E-state index contributed by atoms with van der Waals surface area (Å²) < 4.78 is 11.3. The van der Waals surface area contributed by atoms with Gasteiger partial charge in [-0.05, 0) is 38.8 Å². The summed E-state index contributed by atoms with van der Waals surface area (Å²) in [6.45, 7) is 8.60. The van der Waals surface area contributed by atoms with Gasteiger partial charge in [-0.2, -0.15) is 0 Å². The van der Waals surface area contributed by atoms with Crippen LogP contribution in [0.15, 0.2) is 22.8 Å². The molecule has 0 spiro atoms. The van der Waals surface area contributed by atoms with Gasteiger partial charge in [-0.25, -0.2) is 0 Å². The van der Waals surface area contributed by atoms with Gasteiger partial charge in [0, 0.05) is 6.61 Å². The average Bonchev–Trinajstić information content (AvgIpc) is 2.79. The van der Waals surface area contributed by atoms with Crippen LogP contribution in [-0.4, -0.2) is 39.4 Å². The lowest BCUT2D eigenvalue weighted by atomic mass is 9.73. The second kappa shape index (κ2) is 6.29. The maximum Gasteiger partial charge on any atom is 0.157 e. The highest BCUT2D eigenvalue weighted by Gasteiger charge is 2.44. The summed E-state index contributed by atoms with van der Waals surface area (Å²) in [5.41, 5.74) is 0.374.